The smallest absolute Gasteiger partial charge is 0.275 e. The Balaban J connectivity index is 1.84. The molecule has 10 nitrogen and oxygen atoms in total. The molecule has 0 radical (unpaired) electrons. The lowest BCUT2D eigenvalue weighted by Crippen LogP contribution is -2.38. The van der Waals surface area contributed by atoms with Gasteiger partial charge in [-0.05, 0) is 68.7 Å². The maximum Gasteiger partial charge on any atom is 0.275 e. The molecule has 0 spiro atoms. The average Bonchev–Trinajstić information content (AvgIpc) is 3.19. The summed E-state index contributed by atoms with van der Waals surface area (Å²) in [5.74, 6) is 1.02. The maximum absolute atomic E-state index is 13.6. The Morgan fingerprint density at radius 2 is 1.97 bits per heavy atom. The van der Waals surface area contributed by atoms with Crippen LogP contribution in [-0.2, 0) is 16.4 Å². The van der Waals surface area contributed by atoms with Crippen LogP contribution in [0.25, 0.3) is 16.9 Å². The van der Waals surface area contributed by atoms with Crippen molar-refractivity contribution in [3.05, 3.63) is 45.4 Å². The van der Waals surface area contributed by atoms with Gasteiger partial charge in [-0.2, -0.15) is 4.31 Å². The van der Waals surface area contributed by atoms with Crippen LogP contribution in [0, 0.1) is 12.8 Å². The average molecular weight is 558 g/mol. The number of aryl methyl sites for hydroxylation is 2. The largest absolute Gasteiger partial charge is 0.493 e. The number of rotatable bonds is 11. The predicted octanol–water partition coefficient (Wildman–Crippen LogP) is 3.57. The second kappa shape index (κ2) is 12.4. The topological polar surface area (TPSA) is 129 Å². The number of ether oxygens (including phenoxy) is 1. The molecule has 0 saturated carbocycles. The van der Waals surface area contributed by atoms with Crippen LogP contribution < -0.4 is 10.3 Å². The van der Waals surface area contributed by atoms with Gasteiger partial charge in [-0.15, -0.1) is 5.10 Å². The zero-order valence-corrected chi connectivity index (χ0v) is 24.1. The highest BCUT2D eigenvalue weighted by Crippen LogP contribution is 2.33. The molecular weight excluding hydrogens is 518 g/mol. The Hall–Kier alpha value is -3.02. The van der Waals surface area contributed by atoms with Gasteiger partial charge in [0.05, 0.1) is 22.8 Å². The Labute approximate surface area is 229 Å². The minimum absolute atomic E-state index is 0.114. The summed E-state index contributed by atoms with van der Waals surface area (Å²) in [7, 11) is -2.08. The number of H-pyrrole nitrogens is 1. The molecule has 0 unspecified atom stereocenters. The Bertz CT molecular complexity index is 1500. The number of aliphatic hydroxyl groups excluding tert-OH is 1. The van der Waals surface area contributed by atoms with Crippen LogP contribution >= 0.6 is 0 Å². The molecule has 11 heteroatoms. The van der Waals surface area contributed by atoms with Crippen molar-refractivity contribution < 1.29 is 18.3 Å². The molecule has 1 fully saturated rings. The number of aromatic nitrogens is 3. The van der Waals surface area contributed by atoms with E-state index in [1.165, 1.54) is 4.31 Å². The highest BCUT2D eigenvalue weighted by atomic mass is 32.2. The molecule has 0 aliphatic carbocycles. The van der Waals surface area contributed by atoms with Crippen molar-refractivity contribution in [1.82, 2.24) is 18.9 Å². The Morgan fingerprint density at radius 1 is 1.23 bits per heavy atom. The second-order valence-electron chi connectivity index (χ2n) is 10.1. The minimum Gasteiger partial charge on any atom is -0.493 e. The standard InChI is InChI=1S/C28H39N5O5S/c1-5-7-24-23(18-29-4)19(3)26-28(35)30-27(31-33(24)26)22-17-21(8-9-25(22)38-16-6-2)39(36,37)32-13-10-20(11-14-32)12-15-34/h8-9,17-18,20,34H,5-7,10-16H2,1-4H3,(H,30,31,35). The first kappa shape index (κ1) is 29.0. The molecule has 3 heterocycles. The van der Waals surface area contributed by atoms with Crippen molar-refractivity contribution in [2.45, 2.75) is 64.2 Å². The number of benzene rings is 1. The SMILES string of the molecule is CCCOc1ccc(S(=O)(=O)N2CCC(CCO)CC2)cc1-c1nn2c(CCC)c(C=NC)c(C)c2c(=O)[nH]1. The molecule has 212 valence electrons. The summed E-state index contributed by atoms with van der Waals surface area (Å²) >= 11 is 0. The van der Waals surface area contributed by atoms with Crippen LogP contribution in [0.3, 0.4) is 0 Å². The molecule has 0 amide bonds. The molecule has 1 saturated heterocycles. The van der Waals surface area contributed by atoms with Gasteiger partial charge < -0.3 is 14.8 Å². The molecule has 2 aromatic heterocycles. The summed E-state index contributed by atoms with van der Waals surface area (Å²) < 4.78 is 36.4. The first-order chi connectivity index (χ1) is 18.8. The van der Waals surface area contributed by atoms with E-state index in [0.29, 0.717) is 68.1 Å². The fourth-order valence-electron chi connectivity index (χ4n) is 5.28. The van der Waals surface area contributed by atoms with Crippen LogP contribution in [0.15, 0.2) is 32.9 Å². The van der Waals surface area contributed by atoms with Gasteiger partial charge in [0.25, 0.3) is 5.56 Å². The van der Waals surface area contributed by atoms with Crippen molar-refractivity contribution in [2.24, 2.45) is 10.9 Å². The van der Waals surface area contributed by atoms with E-state index in [9.17, 15) is 18.3 Å². The summed E-state index contributed by atoms with van der Waals surface area (Å²) in [5, 5.41) is 14.1. The van der Waals surface area contributed by atoms with Crippen molar-refractivity contribution >= 4 is 21.8 Å². The molecule has 39 heavy (non-hydrogen) atoms. The van der Waals surface area contributed by atoms with Gasteiger partial charge in [-0.25, -0.2) is 12.9 Å². The molecule has 1 aromatic carbocycles. The minimum atomic E-state index is -3.78. The number of hydrogen-bond donors (Lipinski definition) is 2. The summed E-state index contributed by atoms with van der Waals surface area (Å²) in [6, 6.07) is 4.75. The quantitative estimate of drug-likeness (QED) is 0.347. The normalized spacial score (nSPS) is 15.5. The van der Waals surface area contributed by atoms with Crippen LogP contribution in [0.2, 0.25) is 0 Å². The number of hydrogen-bond acceptors (Lipinski definition) is 7. The summed E-state index contributed by atoms with van der Waals surface area (Å²) in [5.41, 5.74) is 3.10. The van der Waals surface area contributed by atoms with Crippen LogP contribution in [0.5, 0.6) is 5.75 Å². The van der Waals surface area contributed by atoms with Gasteiger partial charge in [0.15, 0.2) is 5.82 Å². The first-order valence-electron chi connectivity index (χ1n) is 13.7. The maximum atomic E-state index is 13.6. The fourth-order valence-corrected chi connectivity index (χ4v) is 6.78. The number of aromatic amines is 1. The zero-order valence-electron chi connectivity index (χ0n) is 23.2. The Kier molecular flexibility index (Phi) is 9.24. The zero-order chi connectivity index (χ0) is 28.2. The Morgan fingerprint density at radius 3 is 2.62 bits per heavy atom. The molecule has 4 rings (SSSR count). The van der Waals surface area contributed by atoms with E-state index in [-0.39, 0.29) is 22.9 Å². The third-order valence-corrected chi connectivity index (χ3v) is 9.24. The highest BCUT2D eigenvalue weighted by Gasteiger charge is 2.30. The van der Waals surface area contributed by atoms with E-state index in [0.717, 1.165) is 29.7 Å². The van der Waals surface area contributed by atoms with E-state index in [1.807, 2.05) is 13.8 Å². The number of piperidine rings is 1. The van der Waals surface area contributed by atoms with Crippen molar-refractivity contribution in [3.63, 3.8) is 0 Å². The fraction of sp³-hybridized carbons (Fsp3) is 0.536. The van der Waals surface area contributed by atoms with E-state index in [1.54, 1.807) is 36.0 Å². The molecule has 3 aromatic rings. The summed E-state index contributed by atoms with van der Waals surface area (Å²) in [6.45, 7) is 7.29. The highest BCUT2D eigenvalue weighted by molar-refractivity contribution is 7.89. The van der Waals surface area contributed by atoms with Crippen molar-refractivity contribution in [3.8, 4) is 17.1 Å². The van der Waals surface area contributed by atoms with Crippen molar-refractivity contribution in [2.75, 3.05) is 33.4 Å². The summed E-state index contributed by atoms with van der Waals surface area (Å²) in [6.07, 6.45) is 6.19. The van der Waals surface area contributed by atoms with Crippen molar-refractivity contribution in [1.29, 1.82) is 0 Å². The van der Waals surface area contributed by atoms with E-state index in [2.05, 4.69) is 16.9 Å². The number of fused-ring (bicyclic) bond motifs is 1. The van der Waals surface area contributed by atoms with Crippen LogP contribution in [0.1, 0.15) is 62.8 Å². The number of nitrogens with one attached hydrogen (secondary N) is 1. The van der Waals surface area contributed by atoms with Crippen LogP contribution in [0.4, 0.5) is 0 Å². The molecule has 0 bridgehead atoms. The van der Waals surface area contributed by atoms with Gasteiger partial charge in [-0.1, -0.05) is 20.3 Å². The molecule has 2 N–H and O–H groups in total. The molecular formula is C28H39N5O5S. The van der Waals surface area contributed by atoms with Gasteiger partial charge >= 0.3 is 0 Å². The first-order valence-corrected chi connectivity index (χ1v) is 15.2. The van der Waals surface area contributed by atoms with E-state index in [4.69, 9.17) is 9.84 Å². The monoisotopic (exact) mass is 557 g/mol. The second-order valence-corrected chi connectivity index (χ2v) is 12.0. The number of aliphatic hydroxyl groups is 1. The molecule has 1 aliphatic rings. The summed E-state index contributed by atoms with van der Waals surface area (Å²) in [4.78, 5) is 20.5. The lowest BCUT2D eigenvalue weighted by molar-refractivity contribution is 0.208. The van der Waals surface area contributed by atoms with E-state index >= 15 is 0 Å². The van der Waals surface area contributed by atoms with Gasteiger partial charge in [-0.3, -0.25) is 9.79 Å². The molecule has 1 aliphatic heterocycles. The van der Waals surface area contributed by atoms with Crippen LogP contribution in [-0.4, -0.2) is 72.0 Å². The van der Waals surface area contributed by atoms with Gasteiger partial charge in [0.1, 0.15) is 11.3 Å². The third kappa shape index (κ3) is 5.80. The lowest BCUT2D eigenvalue weighted by Gasteiger charge is -2.31. The van der Waals surface area contributed by atoms with Gasteiger partial charge in [0, 0.05) is 38.5 Å². The predicted molar refractivity (Wildman–Crippen MR) is 152 cm³/mol. The lowest BCUT2D eigenvalue weighted by atomic mass is 9.95. The van der Waals surface area contributed by atoms with E-state index < -0.39 is 10.0 Å². The number of aliphatic imine (C=N–C) groups is 1. The molecule has 0 atom stereocenters. The third-order valence-electron chi connectivity index (χ3n) is 7.35. The number of sulfonamides is 1. The number of nitrogens with zero attached hydrogens (tertiary/aromatic N) is 4. The van der Waals surface area contributed by atoms with Gasteiger partial charge in [0.2, 0.25) is 10.0 Å².